The van der Waals surface area contributed by atoms with Gasteiger partial charge in [-0.05, 0) is 43.4 Å². The second-order valence-corrected chi connectivity index (χ2v) is 6.45. The highest BCUT2D eigenvalue weighted by Gasteiger charge is 2.24. The maximum absolute atomic E-state index is 12.4. The van der Waals surface area contributed by atoms with E-state index in [4.69, 9.17) is 4.74 Å². The molecule has 2 heterocycles. The number of amides is 1. The normalized spacial score (nSPS) is 15.3. The van der Waals surface area contributed by atoms with Crippen LogP contribution < -0.4 is 4.74 Å². The van der Waals surface area contributed by atoms with Crippen LogP contribution in [0.1, 0.15) is 44.2 Å². The van der Waals surface area contributed by atoms with Gasteiger partial charge in [0, 0.05) is 19.5 Å². The van der Waals surface area contributed by atoms with Crippen LogP contribution >= 0.6 is 0 Å². The van der Waals surface area contributed by atoms with E-state index < -0.39 is 0 Å². The number of aromatic nitrogens is 3. The molecule has 1 aromatic heterocycles. The first-order chi connectivity index (χ1) is 12.3. The third kappa shape index (κ3) is 4.81. The Labute approximate surface area is 148 Å². The van der Waals surface area contributed by atoms with E-state index in [2.05, 4.69) is 17.1 Å². The van der Waals surface area contributed by atoms with E-state index in [9.17, 15) is 4.79 Å². The Morgan fingerprint density at radius 3 is 2.48 bits per heavy atom. The van der Waals surface area contributed by atoms with E-state index >= 15 is 0 Å². The van der Waals surface area contributed by atoms with Gasteiger partial charge in [-0.3, -0.25) is 4.79 Å². The Morgan fingerprint density at radius 2 is 1.84 bits per heavy atom. The fraction of sp³-hybridized carbons (Fsp3) is 0.526. The first-order valence-corrected chi connectivity index (χ1v) is 9.11. The van der Waals surface area contributed by atoms with Crippen molar-refractivity contribution in [2.45, 2.75) is 45.1 Å². The van der Waals surface area contributed by atoms with Gasteiger partial charge in [0.2, 0.25) is 5.91 Å². The number of benzene rings is 1. The number of carbonyl (C=O) groups is 1. The van der Waals surface area contributed by atoms with E-state index in [1.54, 1.807) is 17.2 Å². The summed E-state index contributed by atoms with van der Waals surface area (Å²) in [6, 6.07) is 8.38. The summed E-state index contributed by atoms with van der Waals surface area (Å²) >= 11 is 0. The SMILES string of the molecule is CCCOc1ccc(CCC(=O)N2CCC(n3nccn3)CC2)cc1. The number of likely N-dealkylation sites (tertiary alicyclic amines) is 1. The second kappa shape index (κ2) is 8.65. The lowest BCUT2D eigenvalue weighted by atomic mass is 10.0. The average molecular weight is 342 g/mol. The third-order valence-corrected chi connectivity index (χ3v) is 4.60. The summed E-state index contributed by atoms with van der Waals surface area (Å²) < 4.78 is 5.58. The summed E-state index contributed by atoms with van der Waals surface area (Å²) in [7, 11) is 0. The van der Waals surface area contributed by atoms with E-state index in [0.29, 0.717) is 12.5 Å². The summed E-state index contributed by atoms with van der Waals surface area (Å²) in [4.78, 5) is 16.2. The van der Waals surface area contributed by atoms with Crippen LogP contribution in [0.5, 0.6) is 5.75 Å². The maximum Gasteiger partial charge on any atom is 0.222 e. The van der Waals surface area contributed by atoms with Crippen LogP contribution in [0, 0.1) is 0 Å². The molecule has 0 aliphatic carbocycles. The van der Waals surface area contributed by atoms with Gasteiger partial charge in [-0.2, -0.15) is 15.0 Å². The van der Waals surface area contributed by atoms with E-state index in [1.165, 1.54) is 5.56 Å². The molecule has 0 saturated carbocycles. The lowest BCUT2D eigenvalue weighted by Gasteiger charge is -2.31. The minimum atomic E-state index is 0.234. The van der Waals surface area contributed by atoms with Crippen molar-refractivity contribution in [3.8, 4) is 5.75 Å². The molecule has 3 rings (SSSR count). The fourth-order valence-corrected chi connectivity index (χ4v) is 3.14. The quantitative estimate of drug-likeness (QED) is 0.776. The first kappa shape index (κ1) is 17.5. The predicted octanol–water partition coefficient (Wildman–Crippen LogP) is 2.86. The van der Waals surface area contributed by atoms with Crippen molar-refractivity contribution in [1.29, 1.82) is 0 Å². The molecule has 1 aromatic carbocycles. The van der Waals surface area contributed by atoms with Crippen LogP contribution in [0.2, 0.25) is 0 Å². The number of nitrogens with zero attached hydrogens (tertiary/aromatic N) is 4. The Morgan fingerprint density at radius 1 is 1.16 bits per heavy atom. The number of ether oxygens (including phenoxy) is 1. The molecule has 0 atom stereocenters. The summed E-state index contributed by atoms with van der Waals surface area (Å²) in [6.07, 6.45) is 7.58. The van der Waals surface area contributed by atoms with Gasteiger partial charge in [-0.1, -0.05) is 19.1 Å². The summed E-state index contributed by atoms with van der Waals surface area (Å²) in [5.74, 6) is 1.13. The minimum Gasteiger partial charge on any atom is -0.494 e. The van der Waals surface area contributed by atoms with Crippen molar-refractivity contribution in [3.63, 3.8) is 0 Å². The van der Waals surface area contributed by atoms with Crippen molar-refractivity contribution < 1.29 is 9.53 Å². The molecule has 0 bridgehead atoms. The highest BCUT2D eigenvalue weighted by atomic mass is 16.5. The molecule has 6 heteroatoms. The van der Waals surface area contributed by atoms with Gasteiger partial charge in [0.05, 0.1) is 25.0 Å². The summed E-state index contributed by atoms with van der Waals surface area (Å²) in [5, 5.41) is 8.41. The van der Waals surface area contributed by atoms with Gasteiger partial charge in [0.1, 0.15) is 5.75 Å². The fourth-order valence-electron chi connectivity index (χ4n) is 3.14. The molecule has 0 spiro atoms. The molecule has 134 valence electrons. The molecule has 0 radical (unpaired) electrons. The van der Waals surface area contributed by atoms with Crippen molar-refractivity contribution >= 4 is 5.91 Å². The van der Waals surface area contributed by atoms with E-state index in [-0.39, 0.29) is 5.91 Å². The monoisotopic (exact) mass is 342 g/mol. The number of aryl methyl sites for hydroxylation is 1. The van der Waals surface area contributed by atoms with Gasteiger partial charge in [-0.25, -0.2) is 0 Å². The highest BCUT2D eigenvalue weighted by Crippen LogP contribution is 2.21. The highest BCUT2D eigenvalue weighted by molar-refractivity contribution is 5.76. The zero-order valence-electron chi connectivity index (χ0n) is 14.8. The van der Waals surface area contributed by atoms with Crippen LogP contribution in [0.4, 0.5) is 0 Å². The van der Waals surface area contributed by atoms with E-state index in [1.807, 2.05) is 29.2 Å². The first-order valence-electron chi connectivity index (χ1n) is 9.11. The third-order valence-electron chi connectivity index (χ3n) is 4.60. The molecule has 0 N–H and O–H groups in total. The van der Waals surface area contributed by atoms with Gasteiger partial charge in [-0.15, -0.1) is 0 Å². The standard InChI is InChI=1S/C19H26N4O2/c1-2-15-25-18-6-3-16(4-7-18)5-8-19(24)22-13-9-17(10-14-22)23-20-11-12-21-23/h3-4,6-7,11-12,17H,2,5,8-10,13-15H2,1H3. The predicted molar refractivity (Wildman–Crippen MR) is 95.4 cm³/mol. The molecule has 1 fully saturated rings. The molecule has 1 aliphatic heterocycles. The molecular formula is C19H26N4O2. The Hall–Kier alpha value is -2.37. The average Bonchev–Trinajstić information content (AvgIpc) is 3.20. The maximum atomic E-state index is 12.4. The number of carbonyl (C=O) groups excluding carboxylic acids is 1. The van der Waals surface area contributed by atoms with Crippen LogP contribution in [-0.4, -0.2) is 45.5 Å². The van der Waals surface area contributed by atoms with Gasteiger partial charge >= 0.3 is 0 Å². The summed E-state index contributed by atoms with van der Waals surface area (Å²) in [5.41, 5.74) is 1.17. The van der Waals surface area contributed by atoms with Crippen LogP contribution in [0.25, 0.3) is 0 Å². The number of rotatable bonds is 7. The van der Waals surface area contributed by atoms with E-state index in [0.717, 1.165) is 51.1 Å². The minimum absolute atomic E-state index is 0.234. The topological polar surface area (TPSA) is 60.2 Å². The number of piperidine rings is 1. The van der Waals surface area contributed by atoms with Gasteiger partial charge in [0.15, 0.2) is 0 Å². The number of hydrogen-bond acceptors (Lipinski definition) is 4. The molecule has 25 heavy (non-hydrogen) atoms. The smallest absolute Gasteiger partial charge is 0.222 e. The Balaban J connectivity index is 1.42. The zero-order valence-corrected chi connectivity index (χ0v) is 14.8. The molecule has 1 saturated heterocycles. The largest absolute Gasteiger partial charge is 0.494 e. The molecule has 0 unspecified atom stereocenters. The van der Waals surface area contributed by atoms with Crippen LogP contribution in [0.15, 0.2) is 36.7 Å². The van der Waals surface area contributed by atoms with Crippen LogP contribution in [-0.2, 0) is 11.2 Å². The molecule has 6 nitrogen and oxygen atoms in total. The van der Waals surface area contributed by atoms with Crippen molar-refractivity contribution in [3.05, 3.63) is 42.2 Å². The van der Waals surface area contributed by atoms with Crippen molar-refractivity contribution in [1.82, 2.24) is 19.9 Å². The van der Waals surface area contributed by atoms with Gasteiger partial charge in [0.25, 0.3) is 0 Å². The second-order valence-electron chi connectivity index (χ2n) is 6.45. The molecular weight excluding hydrogens is 316 g/mol. The lowest BCUT2D eigenvalue weighted by molar-refractivity contribution is -0.132. The van der Waals surface area contributed by atoms with Crippen molar-refractivity contribution in [2.75, 3.05) is 19.7 Å². The number of hydrogen-bond donors (Lipinski definition) is 0. The molecule has 2 aromatic rings. The summed E-state index contributed by atoms with van der Waals surface area (Å²) in [6.45, 7) is 4.40. The Kier molecular flexibility index (Phi) is 6.04. The van der Waals surface area contributed by atoms with Gasteiger partial charge < -0.3 is 9.64 Å². The van der Waals surface area contributed by atoms with Crippen molar-refractivity contribution in [2.24, 2.45) is 0 Å². The molecule has 1 amide bonds. The van der Waals surface area contributed by atoms with Crippen LogP contribution in [0.3, 0.4) is 0 Å². The Bertz CT molecular complexity index is 647. The zero-order chi connectivity index (χ0) is 17.5. The lowest BCUT2D eigenvalue weighted by Crippen LogP contribution is -2.39. The molecule has 1 aliphatic rings.